The Labute approximate surface area is 120 Å². The number of benzene rings is 1. The lowest BCUT2D eigenvalue weighted by molar-refractivity contribution is 0.0578. The average molecular weight is 276 g/mol. The molecule has 1 aromatic carbocycles. The van der Waals surface area contributed by atoms with Crippen molar-refractivity contribution in [3.05, 3.63) is 29.3 Å². The molecule has 1 aliphatic carbocycles. The van der Waals surface area contributed by atoms with Gasteiger partial charge in [-0.3, -0.25) is 4.79 Å². The van der Waals surface area contributed by atoms with Crippen LogP contribution in [0.25, 0.3) is 0 Å². The van der Waals surface area contributed by atoms with E-state index in [2.05, 4.69) is 0 Å². The lowest BCUT2D eigenvalue weighted by Gasteiger charge is -2.37. The van der Waals surface area contributed by atoms with Crippen LogP contribution in [0.1, 0.15) is 41.6 Å². The second-order valence-corrected chi connectivity index (χ2v) is 5.41. The number of carbonyl (C=O) groups is 1. The van der Waals surface area contributed by atoms with Gasteiger partial charge in [0.2, 0.25) is 0 Å². The summed E-state index contributed by atoms with van der Waals surface area (Å²) in [7, 11) is 1.63. The largest absolute Gasteiger partial charge is 0.496 e. The van der Waals surface area contributed by atoms with Crippen LogP contribution in [0.3, 0.4) is 0 Å². The second kappa shape index (κ2) is 6.75. The molecule has 0 saturated heterocycles. The third-order valence-corrected chi connectivity index (χ3v) is 4.03. The van der Waals surface area contributed by atoms with E-state index in [0.717, 1.165) is 37.1 Å². The fourth-order valence-electron chi connectivity index (χ4n) is 2.53. The molecule has 0 aromatic heterocycles. The summed E-state index contributed by atoms with van der Waals surface area (Å²) in [5.41, 5.74) is 7.33. The van der Waals surface area contributed by atoms with Gasteiger partial charge in [-0.2, -0.15) is 0 Å². The Kier molecular flexibility index (Phi) is 5.01. The molecule has 4 nitrogen and oxygen atoms in total. The highest BCUT2D eigenvalue weighted by Gasteiger charge is 2.29. The van der Waals surface area contributed by atoms with E-state index in [9.17, 15) is 4.79 Å². The van der Waals surface area contributed by atoms with Crippen molar-refractivity contribution in [1.29, 1.82) is 0 Å². The van der Waals surface area contributed by atoms with Crippen LogP contribution in [0.2, 0.25) is 0 Å². The number of amides is 1. The third-order valence-electron chi connectivity index (χ3n) is 4.03. The SMILES string of the molecule is COc1cc(C(=O)N(CCCN)C2CCC2)ccc1C. The van der Waals surface area contributed by atoms with Crippen LogP contribution in [-0.2, 0) is 0 Å². The lowest BCUT2D eigenvalue weighted by Crippen LogP contribution is -2.45. The Bertz CT molecular complexity index is 470. The zero-order valence-corrected chi connectivity index (χ0v) is 12.4. The minimum Gasteiger partial charge on any atom is -0.496 e. The normalized spacial score (nSPS) is 14.8. The maximum Gasteiger partial charge on any atom is 0.254 e. The van der Waals surface area contributed by atoms with Gasteiger partial charge < -0.3 is 15.4 Å². The number of hydrogen-bond acceptors (Lipinski definition) is 3. The number of hydrogen-bond donors (Lipinski definition) is 1. The van der Waals surface area contributed by atoms with Crippen molar-refractivity contribution >= 4 is 5.91 Å². The molecule has 0 heterocycles. The van der Waals surface area contributed by atoms with Gasteiger partial charge in [-0.1, -0.05) is 6.07 Å². The van der Waals surface area contributed by atoms with Crippen molar-refractivity contribution in [3.63, 3.8) is 0 Å². The van der Waals surface area contributed by atoms with Gasteiger partial charge in [-0.05, 0) is 56.8 Å². The van der Waals surface area contributed by atoms with Gasteiger partial charge in [-0.25, -0.2) is 0 Å². The highest BCUT2D eigenvalue weighted by atomic mass is 16.5. The zero-order chi connectivity index (χ0) is 14.5. The van der Waals surface area contributed by atoms with Crippen molar-refractivity contribution in [2.45, 2.75) is 38.6 Å². The molecule has 110 valence electrons. The maximum atomic E-state index is 12.7. The molecule has 0 radical (unpaired) electrons. The smallest absolute Gasteiger partial charge is 0.254 e. The fraction of sp³-hybridized carbons (Fsp3) is 0.562. The first kappa shape index (κ1) is 14.9. The molecule has 1 aliphatic rings. The van der Waals surface area contributed by atoms with Crippen LogP contribution < -0.4 is 10.5 Å². The first-order valence-electron chi connectivity index (χ1n) is 7.33. The van der Waals surface area contributed by atoms with Crippen LogP contribution in [0, 0.1) is 6.92 Å². The maximum absolute atomic E-state index is 12.7. The molecule has 1 saturated carbocycles. The van der Waals surface area contributed by atoms with E-state index in [1.165, 1.54) is 6.42 Å². The lowest BCUT2D eigenvalue weighted by atomic mass is 9.90. The van der Waals surface area contributed by atoms with Gasteiger partial charge in [0, 0.05) is 18.2 Å². The molecule has 1 aromatic rings. The highest BCUT2D eigenvalue weighted by molar-refractivity contribution is 5.95. The summed E-state index contributed by atoms with van der Waals surface area (Å²) in [4.78, 5) is 14.7. The van der Waals surface area contributed by atoms with E-state index in [1.807, 2.05) is 30.0 Å². The number of carbonyl (C=O) groups excluding carboxylic acids is 1. The molecule has 0 unspecified atom stereocenters. The topological polar surface area (TPSA) is 55.6 Å². The molecule has 1 amide bonds. The molecule has 0 bridgehead atoms. The van der Waals surface area contributed by atoms with E-state index >= 15 is 0 Å². The first-order valence-corrected chi connectivity index (χ1v) is 7.33. The second-order valence-electron chi connectivity index (χ2n) is 5.41. The fourth-order valence-corrected chi connectivity index (χ4v) is 2.53. The standard InChI is InChI=1S/C16H24N2O2/c1-12-7-8-13(11-15(12)20-2)16(19)18(10-4-9-17)14-5-3-6-14/h7-8,11,14H,3-6,9-10,17H2,1-2H3. The summed E-state index contributed by atoms with van der Waals surface area (Å²) in [6.07, 6.45) is 4.29. The van der Waals surface area contributed by atoms with E-state index in [4.69, 9.17) is 10.5 Å². The zero-order valence-electron chi connectivity index (χ0n) is 12.4. The van der Waals surface area contributed by atoms with Gasteiger partial charge in [0.05, 0.1) is 7.11 Å². The number of methoxy groups -OCH3 is 1. The Morgan fingerprint density at radius 3 is 2.75 bits per heavy atom. The Morgan fingerprint density at radius 2 is 2.20 bits per heavy atom. The first-order chi connectivity index (χ1) is 9.67. The molecular weight excluding hydrogens is 252 g/mol. The molecule has 2 rings (SSSR count). The van der Waals surface area contributed by atoms with Crippen molar-refractivity contribution in [1.82, 2.24) is 4.90 Å². The summed E-state index contributed by atoms with van der Waals surface area (Å²) >= 11 is 0. The van der Waals surface area contributed by atoms with Gasteiger partial charge in [0.15, 0.2) is 0 Å². The van der Waals surface area contributed by atoms with Gasteiger partial charge in [0.25, 0.3) is 5.91 Å². The summed E-state index contributed by atoms with van der Waals surface area (Å²) < 4.78 is 5.31. The quantitative estimate of drug-likeness (QED) is 0.867. The molecule has 1 fully saturated rings. The molecule has 0 spiro atoms. The number of ether oxygens (including phenoxy) is 1. The molecule has 20 heavy (non-hydrogen) atoms. The van der Waals surface area contributed by atoms with Crippen LogP contribution in [0.5, 0.6) is 5.75 Å². The van der Waals surface area contributed by atoms with Crippen LogP contribution in [-0.4, -0.2) is 37.0 Å². The number of nitrogens with two attached hydrogens (primary N) is 1. The highest BCUT2D eigenvalue weighted by Crippen LogP contribution is 2.27. The van der Waals surface area contributed by atoms with Gasteiger partial charge >= 0.3 is 0 Å². The predicted octanol–water partition coefficient (Wildman–Crippen LogP) is 2.35. The Hall–Kier alpha value is -1.55. The summed E-state index contributed by atoms with van der Waals surface area (Å²) in [6, 6.07) is 6.05. The minimum absolute atomic E-state index is 0.0986. The van der Waals surface area contributed by atoms with Crippen molar-refractivity contribution in [3.8, 4) is 5.75 Å². The van der Waals surface area contributed by atoms with Crippen LogP contribution in [0.4, 0.5) is 0 Å². The number of rotatable bonds is 6. The molecular formula is C16H24N2O2. The average Bonchev–Trinajstić information content (AvgIpc) is 2.41. The summed E-state index contributed by atoms with van der Waals surface area (Å²) in [5, 5.41) is 0. The van der Waals surface area contributed by atoms with Crippen LogP contribution >= 0.6 is 0 Å². The Morgan fingerprint density at radius 1 is 1.45 bits per heavy atom. The minimum atomic E-state index is 0.0986. The van der Waals surface area contributed by atoms with Gasteiger partial charge in [0.1, 0.15) is 5.75 Å². The van der Waals surface area contributed by atoms with E-state index in [-0.39, 0.29) is 5.91 Å². The third kappa shape index (κ3) is 3.12. The van der Waals surface area contributed by atoms with Crippen molar-refractivity contribution in [2.75, 3.05) is 20.2 Å². The predicted molar refractivity (Wildman–Crippen MR) is 80.1 cm³/mol. The van der Waals surface area contributed by atoms with E-state index in [0.29, 0.717) is 18.2 Å². The molecule has 2 N–H and O–H groups in total. The molecule has 4 heteroatoms. The van der Waals surface area contributed by atoms with Crippen LogP contribution in [0.15, 0.2) is 18.2 Å². The van der Waals surface area contributed by atoms with E-state index < -0.39 is 0 Å². The van der Waals surface area contributed by atoms with Gasteiger partial charge in [-0.15, -0.1) is 0 Å². The Balaban J connectivity index is 2.17. The number of aryl methyl sites for hydroxylation is 1. The number of nitrogens with zero attached hydrogens (tertiary/aromatic N) is 1. The summed E-state index contributed by atoms with van der Waals surface area (Å²) in [6.45, 7) is 3.34. The molecule has 0 atom stereocenters. The van der Waals surface area contributed by atoms with Crippen molar-refractivity contribution in [2.24, 2.45) is 5.73 Å². The molecule has 0 aliphatic heterocycles. The summed E-state index contributed by atoms with van der Waals surface area (Å²) in [5.74, 6) is 0.865. The van der Waals surface area contributed by atoms with Crippen molar-refractivity contribution < 1.29 is 9.53 Å². The monoisotopic (exact) mass is 276 g/mol. The van der Waals surface area contributed by atoms with E-state index in [1.54, 1.807) is 7.11 Å².